The molecule has 3 aromatic carbocycles. The second kappa shape index (κ2) is 13.2. The highest BCUT2D eigenvalue weighted by molar-refractivity contribution is 5.52. The van der Waals surface area contributed by atoms with Gasteiger partial charge in [-0.1, -0.05) is 49.4 Å². The van der Waals surface area contributed by atoms with Crippen LogP contribution >= 0.6 is 0 Å². The van der Waals surface area contributed by atoms with Crippen LogP contribution in [0.25, 0.3) is 0 Å². The van der Waals surface area contributed by atoms with Gasteiger partial charge in [0, 0.05) is 25.8 Å². The zero-order valence-corrected chi connectivity index (χ0v) is 18.1. The summed E-state index contributed by atoms with van der Waals surface area (Å²) in [5.74, 6) is 0.681. The smallest absolute Gasteiger partial charge is 0.123 e. The summed E-state index contributed by atoms with van der Waals surface area (Å²) in [4.78, 5) is 11.5. The molecule has 4 rings (SSSR count). The molecule has 1 unspecified atom stereocenters. The fourth-order valence-corrected chi connectivity index (χ4v) is 3.20. The summed E-state index contributed by atoms with van der Waals surface area (Å²) in [6, 6.07) is 25.5. The minimum Gasteiger partial charge on any atom is -0.489 e. The van der Waals surface area contributed by atoms with Gasteiger partial charge in [0.05, 0.1) is 6.04 Å². The first-order valence-corrected chi connectivity index (χ1v) is 10.4. The summed E-state index contributed by atoms with van der Waals surface area (Å²) in [5, 5.41) is 7.00. The van der Waals surface area contributed by atoms with Crippen LogP contribution in [0.3, 0.4) is 0 Å². The molecule has 0 aliphatic carbocycles. The molecule has 4 nitrogen and oxygen atoms in total. The number of hydrogen-bond acceptors (Lipinski definition) is 4. The number of anilines is 1. The lowest BCUT2D eigenvalue weighted by Gasteiger charge is -2.43. The summed E-state index contributed by atoms with van der Waals surface area (Å²) in [6.07, 6.45) is 2.63. The van der Waals surface area contributed by atoms with Crippen molar-refractivity contribution in [2.75, 3.05) is 18.6 Å². The average molecular weight is 424 g/mol. The zero-order valence-electron chi connectivity index (χ0n) is 18.1. The van der Waals surface area contributed by atoms with E-state index in [1.54, 1.807) is 0 Å². The first-order valence-electron chi connectivity index (χ1n) is 10.4. The van der Waals surface area contributed by atoms with Crippen molar-refractivity contribution in [1.29, 1.82) is 0 Å². The van der Waals surface area contributed by atoms with Crippen LogP contribution in [-0.4, -0.2) is 25.0 Å². The highest BCUT2D eigenvalue weighted by Crippen LogP contribution is 2.38. The Balaban J connectivity index is 0.000000513. The van der Waals surface area contributed by atoms with Gasteiger partial charge in [-0.3, -0.25) is 0 Å². The van der Waals surface area contributed by atoms with Crippen LogP contribution in [0.2, 0.25) is 0 Å². The lowest BCUT2D eigenvalue weighted by molar-refractivity contribution is -0.107. The van der Waals surface area contributed by atoms with E-state index in [1.165, 1.54) is 17.7 Å². The Hall–Kier alpha value is -3.18. The number of aldehydes is 1. The summed E-state index contributed by atoms with van der Waals surface area (Å²) >= 11 is 0. The second-order valence-corrected chi connectivity index (χ2v) is 6.89. The molecule has 164 valence electrons. The van der Waals surface area contributed by atoms with Crippen molar-refractivity contribution in [2.24, 2.45) is 0 Å². The highest BCUT2D eigenvalue weighted by atomic mass is 19.1. The van der Waals surface area contributed by atoms with E-state index in [0.717, 1.165) is 43.4 Å². The zero-order chi connectivity index (χ0) is 22.5. The van der Waals surface area contributed by atoms with Crippen LogP contribution in [0.4, 0.5) is 10.1 Å². The van der Waals surface area contributed by atoms with Crippen molar-refractivity contribution in [3.05, 3.63) is 95.8 Å². The predicted molar refractivity (Wildman–Crippen MR) is 123 cm³/mol. The Labute approximate surface area is 183 Å². The molecule has 0 bridgehead atoms. The van der Waals surface area contributed by atoms with Crippen molar-refractivity contribution >= 4 is 12.0 Å². The molecule has 1 aliphatic heterocycles. The number of aliphatic hydroxyl groups is 1. The first-order chi connectivity index (χ1) is 15.2. The second-order valence-electron chi connectivity index (χ2n) is 6.89. The first kappa shape index (κ1) is 24.1. The van der Waals surface area contributed by atoms with E-state index in [0.29, 0.717) is 19.1 Å². The molecular weight excluding hydrogens is 393 g/mol. The van der Waals surface area contributed by atoms with Gasteiger partial charge in [0.25, 0.3) is 0 Å². The summed E-state index contributed by atoms with van der Waals surface area (Å²) in [5.41, 5.74) is 3.50. The SMILES string of the molecule is CCC=O.CO.Fc1ccc(N2CCC2c2ccc(OCc3ccccc3)cc2)cc1. The van der Waals surface area contributed by atoms with Crippen LogP contribution in [0, 0.1) is 5.82 Å². The van der Waals surface area contributed by atoms with E-state index >= 15 is 0 Å². The number of ether oxygens (including phenoxy) is 1. The highest BCUT2D eigenvalue weighted by Gasteiger charge is 2.29. The van der Waals surface area contributed by atoms with Gasteiger partial charge in [-0.15, -0.1) is 0 Å². The van der Waals surface area contributed by atoms with Crippen molar-refractivity contribution < 1.29 is 19.0 Å². The lowest BCUT2D eigenvalue weighted by atomic mass is 9.94. The Morgan fingerprint density at radius 1 is 1.00 bits per heavy atom. The standard InChI is InChI=1S/C22H20FNO.C3H6O.CH4O/c23-19-8-10-20(11-9-19)24-15-14-22(24)18-6-12-21(13-7-18)25-16-17-4-2-1-3-5-17;1-2-3-4;1-2/h1-13,22H,14-16H2;3H,2H2,1H3;2H,1H3. The van der Waals surface area contributed by atoms with Crippen molar-refractivity contribution in [3.63, 3.8) is 0 Å². The quantitative estimate of drug-likeness (QED) is 0.528. The maximum Gasteiger partial charge on any atom is 0.123 e. The Morgan fingerprint density at radius 2 is 1.61 bits per heavy atom. The number of carbonyl (C=O) groups excluding carboxylic acids is 1. The van der Waals surface area contributed by atoms with E-state index in [1.807, 2.05) is 49.4 Å². The molecular formula is C26H30FNO3. The number of halogens is 1. The van der Waals surface area contributed by atoms with E-state index in [9.17, 15) is 9.18 Å². The minimum atomic E-state index is -0.194. The molecule has 0 radical (unpaired) electrons. The van der Waals surface area contributed by atoms with Gasteiger partial charge in [-0.25, -0.2) is 4.39 Å². The molecule has 1 atom stereocenters. The van der Waals surface area contributed by atoms with Gasteiger partial charge < -0.3 is 19.5 Å². The normalized spacial score (nSPS) is 14.2. The number of carbonyl (C=O) groups is 1. The van der Waals surface area contributed by atoms with E-state index in [2.05, 4.69) is 29.2 Å². The largest absolute Gasteiger partial charge is 0.489 e. The third-order valence-corrected chi connectivity index (χ3v) is 4.86. The van der Waals surface area contributed by atoms with Crippen LogP contribution in [0.15, 0.2) is 78.9 Å². The summed E-state index contributed by atoms with van der Waals surface area (Å²) in [7, 11) is 1.00. The molecule has 0 spiro atoms. The van der Waals surface area contributed by atoms with Gasteiger partial charge >= 0.3 is 0 Å². The molecule has 1 heterocycles. The maximum absolute atomic E-state index is 13.1. The lowest BCUT2D eigenvalue weighted by Crippen LogP contribution is -2.40. The van der Waals surface area contributed by atoms with E-state index in [-0.39, 0.29) is 5.82 Å². The molecule has 0 amide bonds. The van der Waals surface area contributed by atoms with E-state index < -0.39 is 0 Å². The number of aliphatic hydroxyl groups excluding tert-OH is 1. The van der Waals surface area contributed by atoms with Gasteiger partial charge in [0.15, 0.2) is 0 Å². The number of benzene rings is 3. The van der Waals surface area contributed by atoms with Gasteiger partial charge in [0.2, 0.25) is 0 Å². The average Bonchev–Trinajstić information content (AvgIpc) is 2.81. The van der Waals surface area contributed by atoms with Gasteiger partial charge in [-0.05, 0) is 53.9 Å². The van der Waals surface area contributed by atoms with Crippen LogP contribution in [0.5, 0.6) is 5.75 Å². The van der Waals surface area contributed by atoms with Crippen molar-refractivity contribution in [2.45, 2.75) is 32.4 Å². The summed E-state index contributed by atoms with van der Waals surface area (Å²) in [6.45, 7) is 3.39. The molecule has 1 N–H and O–H groups in total. The molecule has 1 saturated heterocycles. The van der Waals surface area contributed by atoms with Gasteiger partial charge in [-0.2, -0.15) is 0 Å². The monoisotopic (exact) mass is 423 g/mol. The number of nitrogens with zero attached hydrogens (tertiary/aromatic N) is 1. The molecule has 3 aromatic rings. The molecule has 1 aliphatic rings. The van der Waals surface area contributed by atoms with Crippen LogP contribution in [-0.2, 0) is 11.4 Å². The van der Waals surface area contributed by atoms with Gasteiger partial charge in [0.1, 0.15) is 24.5 Å². The number of rotatable bonds is 6. The molecule has 31 heavy (non-hydrogen) atoms. The third kappa shape index (κ3) is 7.23. The Kier molecular flexibility index (Phi) is 10.3. The van der Waals surface area contributed by atoms with Crippen molar-refractivity contribution in [1.82, 2.24) is 0 Å². The maximum atomic E-state index is 13.1. The third-order valence-electron chi connectivity index (χ3n) is 4.86. The fourth-order valence-electron chi connectivity index (χ4n) is 3.20. The Bertz CT molecular complexity index is 883. The van der Waals surface area contributed by atoms with Crippen LogP contribution in [0.1, 0.15) is 36.9 Å². The van der Waals surface area contributed by atoms with Crippen LogP contribution < -0.4 is 9.64 Å². The minimum absolute atomic E-state index is 0.194. The molecule has 0 saturated carbocycles. The fraction of sp³-hybridized carbons (Fsp3) is 0.269. The predicted octanol–water partition coefficient (Wildman–Crippen LogP) is 5.56. The summed E-state index contributed by atoms with van der Waals surface area (Å²) < 4.78 is 18.9. The topological polar surface area (TPSA) is 49.8 Å². The Morgan fingerprint density at radius 3 is 2.13 bits per heavy atom. The van der Waals surface area contributed by atoms with Crippen molar-refractivity contribution in [3.8, 4) is 5.75 Å². The molecule has 1 fully saturated rings. The molecule has 0 aromatic heterocycles. The molecule has 5 heteroatoms. The number of hydrogen-bond donors (Lipinski definition) is 1. The van der Waals surface area contributed by atoms with E-state index in [4.69, 9.17) is 9.84 Å².